The first-order chi connectivity index (χ1) is 11.4. The minimum absolute atomic E-state index is 0.194. The molecule has 0 saturated heterocycles. The lowest BCUT2D eigenvalue weighted by molar-refractivity contribution is -0.120. The fourth-order valence-corrected chi connectivity index (χ4v) is 2.22. The molecule has 126 valence electrons. The number of amides is 2. The molecule has 0 saturated carbocycles. The number of rotatable bonds is 6. The van der Waals surface area contributed by atoms with Crippen LogP contribution in [-0.2, 0) is 11.3 Å². The summed E-state index contributed by atoms with van der Waals surface area (Å²) >= 11 is 0. The van der Waals surface area contributed by atoms with Crippen molar-refractivity contribution in [2.45, 2.75) is 19.5 Å². The van der Waals surface area contributed by atoms with E-state index in [9.17, 15) is 14.0 Å². The average molecular weight is 329 g/mol. The van der Waals surface area contributed by atoms with E-state index in [-0.39, 0.29) is 11.7 Å². The number of halogens is 1. The molecular formula is C18H20FN3O2. The Labute approximate surface area is 140 Å². The van der Waals surface area contributed by atoms with Gasteiger partial charge in [0.15, 0.2) is 0 Å². The van der Waals surface area contributed by atoms with E-state index in [4.69, 9.17) is 5.73 Å². The molecule has 2 amide bonds. The molecule has 0 aromatic heterocycles. The second-order valence-electron chi connectivity index (χ2n) is 5.65. The van der Waals surface area contributed by atoms with Crippen LogP contribution < -0.4 is 11.1 Å². The number of carbonyl (C=O) groups excluding carboxylic acids is 2. The monoisotopic (exact) mass is 329 g/mol. The van der Waals surface area contributed by atoms with Gasteiger partial charge in [-0.2, -0.15) is 0 Å². The molecule has 0 spiro atoms. The Morgan fingerprint density at radius 2 is 1.88 bits per heavy atom. The summed E-state index contributed by atoms with van der Waals surface area (Å²) in [6, 6.07) is 12.2. The molecular weight excluding hydrogens is 309 g/mol. The van der Waals surface area contributed by atoms with Crippen molar-refractivity contribution in [3.63, 3.8) is 0 Å². The summed E-state index contributed by atoms with van der Waals surface area (Å²) in [7, 11) is 1.80. The Morgan fingerprint density at radius 3 is 2.46 bits per heavy atom. The van der Waals surface area contributed by atoms with Crippen molar-refractivity contribution < 1.29 is 14.0 Å². The summed E-state index contributed by atoms with van der Waals surface area (Å²) in [4.78, 5) is 25.2. The van der Waals surface area contributed by atoms with Crippen LogP contribution in [0, 0.1) is 5.82 Å². The zero-order valence-electron chi connectivity index (χ0n) is 13.6. The maximum absolute atomic E-state index is 13.2. The van der Waals surface area contributed by atoms with Crippen molar-refractivity contribution in [3.05, 3.63) is 65.5 Å². The molecule has 0 radical (unpaired) electrons. The summed E-state index contributed by atoms with van der Waals surface area (Å²) < 4.78 is 13.2. The summed E-state index contributed by atoms with van der Waals surface area (Å²) in [5.41, 5.74) is 6.93. The summed E-state index contributed by atoms with van der Waals surface area (Å²) in [6.07, 6.45) is 0. The fourth-order valence-electron chi connectivity index (χ4n) is 2.22. The summed E-state index contributed by atoms with van der Waals surface area (Å²) in [6.45, 7) is 2.22. The molecule has 0 heterocycles. The highest BCUT2D eigenvalue weighted by molar-refractivity contribution is 5.96. The molecule has 2 aromatic carbocycles. The lowest BCUT2D eigenvalue weighted by atomic mass is 10.1. The van der Waals surface area contributed by atoms with Crippen LogP contribution in [0.5, 0.6) is 0 Å². The lowest BCUT2D eigenvalue weighted by Gasteiger charge is -2.24. The van der Waals surface area contributed by atoms with Crippen molar-refractivity contribution >= 4 is 17.5 Å². The molecule has 5 nitrogen and oxygen atoms in total. The highest BCUT2D eigenvalue weighted by Crippen LogP contribution is 2.12. The number of hydrogen-bond donors (Lipinski definition) is 2. The van der Waals surface area contributed by atoms with E-state index >= 15 is 0 Å². The van der Waals surface area contributed by atoms with Crippen LogP contribution in [0.2, 0.25) is 0 Å². The minimum atomic E-state index is -0.518. The molecule has 0 aliphatic rings. The Morgan fingerprint density at radius 1 is 1.21 bits per heavy atom. The number of nitrogens with zero attached hydrogens (tertiary/aromatic N) is 1. The third kappa shape index (κ3) is 4.63. The van der Waals surface area contributed by atoms with Crippen LogP contribution in [0.1, 0.15) is 22.8 Å². The molecule has 2 rings (SSSR count). The third-order valence-corrected chi connectivity index (χ3v) is 3.80. The Balaban J connectivity index is 1.96. The topological polar surface area (TPSA) is 75.4 Å². The minimum Gasteiger partial charge on any atom is -0.366 e. The third-order valence-electron chi connectivity index (χ3n) is 3.80. The van der Waals surface area contributed by atoms with Gasteiger partial charge >= 0.3 is 0 Å². The van der Waals surface area contributed by atoms with Crippen LogP contribution in [0.25, 0.3) is 0 Å². The number of hydrogen-bond acceptors (Lipinski definition) is 3. The first kappa shape index (κ1) is 17.6. The van der Waals surface area contributed by atoms with Crippen LogP contribution in [0.4, 0.5) is 10.1 Å². The predicted octanol–water partition coefficient (Wildman–Crippen LogP) is 2.38. The van der Waals surface area contributed by atoms with Crippen LogP contribution in [0.3, 0.4) is 0 Å². The number of benzene rings is 2. The lowest BCUT2D eigenvalue weighted by Crippen LogP contribution is -2.39. The summed E-state index contributed by atoms with van der Waals surface area (Å²) in [5, 5.41) is 2.78. The molecule has 1 atom stereocenters. The molecule has 0 fully saturated rings. The van der Waals surface area contributed by atoms with Gasteiger partial charge in [-0.05, 0) is 55.9 Å². The highest BCUT2D eigenvalue weighted by atomic mass is 19.1. The second-order valence-corrected chi connectivity index (χ2v) is 5.65. The van der Waals surface area contributed by atoms with E-state index in [1.54, 1.807) is 44.3 Å². The predicted molar refractivity (Wildman–Crippen MR) is 90.9 cm³/mol. The largest absolute Gasteiger partial charge is 0.366 e. The van der Waals surface area contributed by atoms with E-state index in [0.29, 0.717) is 17.8 Å². The van der Waals surface area contributed by atoms with Gasteiger partial charge in [-0.25, -0.2) is 4.39 Å². The number of anilines is 1. The highest BCUT2D eigenvalue weighted by Gasteiger charge is 2.18. The standard InChI is InChI=1S/C18H20FN3O2/c1-12(22(2)11-13-4-3-5-15(19)10-13)18(24)21-16-8-6-14(7-9-16)17(20)23/h3-10,12H,11H2,1-2H3,(H2,20,23)(H,21,24). The summed E-state index contributed by atoms with van der Waals surface area (Å²) in [5.74, 6) is -1.01. The first-order valence-electron chi connectivity index (χ1n) is 7.52. The quantitative estimate of drug-likeness (QED) is 0.854. The number of carbonyl (C=O) groups is 2. The first-order valence-corrected chi connectivity index (χ1v) is 7.52. The van der Waals surface area contributed by atoms with Gasteiger partial charge in [0.1, 0.15) is 5.82 Å². The number of nitrogens with two attached hydrogens (primary N) is 1. The van der Waals surface area contributed by atoms with Gasteiger partial charge in [0.25, 0.3) is 0 Å². The van der Waals surface area contributed by atoms with Gasteiger partial charge in [-0.15, -0.1) is 0 Å². The number of primary amides is 1. The smallest absolute Gasteiger partial charge is 0.248 e. The van der Waals surface area contributed by atoms with Gasteiger partial charge in [-0.1, -0.05) is 12.1 Å². The molecule has 0 aliphatic heterocycles. The Kier molecular flexibility index (Phi) is 5.65. The van der Waals surface area contributed by atoms with Gasteiger partial charge < -0.3 is 11.1 Å². The second kappa shape index (κ2) is 7.70. The maximum atomic E-state index is 13.2. The molecule has 1 unspecified atom stereocenters. The average Bonchev–Trinajstić information content (AvgIpc) is 2.54. The Bertz CT molecular complexity index is 731. The number of likely N-dealkylation sites (N-methyl/N-ethyl adjacent to an activating group) is 1. The molecule has 3 N–H and O–H groups in total. The van der Waals surface area contributed by atoms with E-state index in [1.165, 1.54) is 12.1 Å². The number of nitrogens with one attached hydrogen (secondary N) is 1. The van der Waals surface area contributed by atoms with E-state index in [2.05, 4.69) is 5.32 Å². The van der Waals surface area contributed by atoms with Gasteiger partial charge in [-0.3, -0.25) is 14.5 Å². The van der Waals surface area contributed by atoms with Crippen LogP contribution >= 0.6 is 0 Å². The fraction of sp³-hybridized carbons (Fsp3) is 0.222. The van der Waals surface area contributed by atoms with Gasteiger partial charge in [0.2, 0.25) is 11.8 Å². The van der Waals surface area contributed by atoms with Crippen molar-refractivity contribution in [3.8, 4) is 0 Å². The Hall–Kier alpha value is -2.73. The van der Waals surface area contributed by atoms with Crippen molar-refractivity contribution in [2.75, 3.05) is 12.4 Å². The molecule has 24 heavy (non-hydrogen) atoms. The molecule has 0 bridgehead atoms. The normalized spacial score (nSPS) is 12.0. The molecule has 2 aromatic rings. The van der Waals surface area contributed by atoms with E-state index in [0.717, 1.165) is 5.56 Å². The molecule has 0 aliphatic carbocycles. The van der Waals surface area contributed by atoms with Crippen LogP contribution in [-0.4, -0.2) is 29.8 Å². The van der Waals surface area contributed by atoms with Crippen molar-refractivity contribution in [1.29, 1.82) is 0 Å². The van der Waals surface area contributed by atoms with E-state index in [1.807, 2.05) is 11.0 Å². The van der Waals surface area contributed by atoms with Gasteiger partial charge in [0.05, 0.1) is 6.04 Å². The molecule has 6 heteroatoms. The van der Waals surface area contributed by atoms with Crippen LogP contribution in [0.15, 0.2) is 48.5 Å². The van der Waals surface area contributed by atoms with E-state index < -0.39 is 11.9 Å². The maximum Gasteiger partial charge on any atom is 0.248 e. The van der Waals surface area contributed by atoms with Crippen molar-refractivity contribution in [1.82, 2.24) is 4.90 Å². The van der Waals surface area contributed by atoms with Gasteiger partial charge in [0, 0.05) is 17.8 Å². The SMILES string of the molecule is CC(C(=O)Nc1ccc(C(N)=O)cc1)N(C)Cc1cccc(F)c1. The zero-order valence-corrected chi connectivity index (χ0v) is 13.6. The zero-order chi connectivity index (χ0) is 17.7. The van der Waals surface area contributed by atoms with Crippen molar-refractivity contribution in [2.24, 2.45) is 5.73 Å².